The summed E-state index contributed by atoms with van der Waals surface area (Å²) in [6.07, 6.45) is 1.40. The maximum absolute atomic E-state index is 11.7. The largest absolute Gasteiger partial charge is 0.466 e. The van der Waals surface area contributed by atoms with E-state index in [1.54, 1.807) is 0 Å². The number of carbonyl (C=O) groups excluding carboxylic acids is 1. The van der Waals surface area contributed by atoms with Gasteiger partial charge in [-0.15, -0.1) is 12.4 Å². The van der Waals surface area contributed by atoms with Gasteiger partial charge in [-0.2, -0.15) is 0 Å². The summed E-state index contributed by atoms with van der Waals surface area (Å²) in [5, 5.41) is 0. The highest BCUT2D eigenvalue weighted by Gasteiger charge is 2.17. The predicted molar refractivity (Wildman–Crippen MR) is 101 cm³/mol. The second-order valence-electron chi connectivity index (χ2n) is 5.92. The summed E-state index contributed by atoms with van der Waals surface area (Å²) in [6.45, 7) is 4.11. The lowest BCUT2D eigenvalue weighted by Gasteiger charge is -2.16. The average Bonchev–Trinajstić information content (AvgIpc) is 2.56. The summed E-state index contributed by atoms with van der Waals surface area (Å²) in [4.78, 5) is 11.7. The molecule has 0 saturated carbocycles. The van der Waals surface area contributed by atoms with E-state index in [0.29, 0.717) is 13.0 Å². The van der Waals surface area contributed by atoms with Crippen LogP contribution < -0.4 is 5.73 Å². The Hall–Kier alpha value is -1.84. The monoisotopic (exact) mass is 347 g/mol. The van der Waals surface area contributed by atoms with E-state index >= 15 is 0 Å². The van der Waals surface area contributed by atoms with E-state index in [2.05, 4.69) is 36.4 Å². The van der Waals surface area contributed by atoms with E-state index in [4.69, 9.17) is 10.5 Å². The summed E-state index contributed by atoms with van der Waals surface area (Å²) >= 11 is 0. The minimum Gasteiger partial charge on any atom is -0.466 e. The Morgan fingerprint density at radius 1 is 1.04 bits per heavy atom. The summed E-state index contributed by atoms with van der Waals surface area (Å²) in [5.41, 5.74) is 9.77. The van der Waals surface area contributed by atoms with Crippen molar-refractivity contribution in [3.8, 4) is 11.1 Å². The number of benzene rings is 2. The van der Waals surface area contributed by atoms with E-state index in [-0.39, 0.29) is 30.3 Å². The highest BCUT2D eigenvalue weighted by atomic mass is 35.5. The van der Waals surface area contributed by atoms with Crippen LogP contribution in [-0.2, 0) is 16.0 Å². The van der Waals surface area contributed by atoms with Crippen LogP contribution in [-0.4, -0.2) is 18.6 Å². The molecule has 2 aromatic carbocycles. The second-order valence-corrected chi connectivity index (χ2v) is 5.92. The third-order valence-electron chi connectivity index (χ3n) is 3.90. The van der Waals surface area contributed by atoms with E-state index in [0.717, 1.165) is 6.42 Å². The molecule has 2 aromatic rings. The van der Waals surface area contributed by atoms with Crippen LogP contribution >= 0.6 is 12.4 Å². The molecule has 24 heavy (non-hydrogen) atoms. The molecular weight excluding hydrogens is 322 g/mol. The Kier molecular flexibility index (Phi) is 8.51. The summed E-state index contributed by atoms with van der Waals surface area (Å²) in [7, 11) is 0. The molecule has 0 radical (unpaired) electrons. The van der Waals surface area contributed by atoms with E-state index in [9.17, 15) is 4.79 Å². The molecule has 2 rings (SSSR count). The van der Waals surface area contributed by atoms with Crippen LogP contribution in [0.25, 0.3) is 11.1 Å². The minimum atomic E-state index is -0.164. The first-order chi connectivity index (χ1) is 11.1. The lowest BCUT2D eigenvalue weighted by Crippen LogP contribution is -2.29. The SMILES string of the molecule is CCOC(=O)C(C)CC(N)Cc1ccc(-c2ccccc2)cc1.Cl. The fourth-order valence-electron chi connectivity index (χ4n) is 2.68. The van der Waals surface area contributed by atoms with Crippen molar-refractivity contribution < 1.29 is 9.53 Å². The molecule has 2 atom stereocenters. The average molecular weight is 348 g/mol. The summed E-state index contributed by atoms with van der Waals surface area (Å²) in [5.74, 6) is -0.323. The van der Waals surface area contributed by atoms with Gasteiger partial charge in [-0.05, 0) is 36.5 Å². The first kappa shape index (κ1) is 20.2. The molecule has 0 saturated heterocycles. The van der Waals surface area contributed by atoms with Crippen molar-refractivity contribution in [2.24, 2.45) is 11.7 Å². The zero-order valence-electron chi connectivity index (χ0n) is 14.3. The lowest BCUT2D eigenvalue weighted by atomic mass is 9.95. The molecule has 2 N–H and O–H groups in total. The van der Waals surface area contributed by atoms with Crippen LogP contribution in [0.15, 0.2) is 54.6 Å². The minimum absolute atomic E-state index is 0. The molecule has 0 bridgehead atoms. The Labute approximate surface area is 150 Å². The van der Waals surface area contributed by atoms with Crippen molar-refractivity contribution in [2.75, 3.05) is 6.61 Å². The zero-order chi connectivity index (χ0) is 16.7. The third-order valence-corrected chi connectivity index (χ3v) is 3.90. The van der Waals surface area contributed by atoms with Crippen LogP contribution in [0.4, 0.5) is 0 Å². The Morgan fingerprint density at radius 3 is 2.21 bits per heavy atom. The Morgan fingerprint density at radius 2 is 1.62 bits per heavy atom. The number of ether oxygens (including phenoxy) is 1. The maximum atomic E-state index is 11.7. The Balaban J connectivity index is 0.00000288. The fourth-order valence-corrected chi connectivity index (χ4v) is 2.68. The smallest absolute Gasteiger partial charge is 0.308 e. The Bertz CT molecular complexity index is 613. The van der Waals surface area contributed by atoms with Gasteiger partial charge in [-0.1, -0.05) is 61.5 Å². The van der Waals surface area contributed by atoms with Crippen molar-refractivity contribution in [3.63, 3.8) is 0 Å². The number of nitrogens with two attached hydrogens (primary N) is 1. The maximum Gasteiger partial charge on any atom is 0.308 e. The quantitative estimate of drug-likeness (QED) is 0.762. The topological polar surface area (TPSA) is 52.3 Å². The van der Waals surface area contributed by atoms with Crippen molar-refractivity contribution in [1.29, 1.82) is 0 Å². The van der Waals surface area contributed by atoms with Gasteiger partial charge in [0.1, 0.15) is 0 Å². The summed E-state index contributed by atoms with van der Waals surface area (Å²) in [6, 6.07) is 18.7. The number of carbonyl (C=O) groups is 1. The van der Waals surface area contributed by atoms with Crippen LogP contribution in [0.2, 0.25) is 0 Å². The van der Waals surface area contributed by atoms with Crippen LogP contribution in [0.5, 0.6) is 0 Å². The van der Waals surface area contributed by atoms with Crippen molar-refractivity contribution in [2.45, 2.75) is 32.7 Å². The molecule has 0 spiro atoms. The van der Waals surface area contributed by atoms with Crippen molar-refractivity contribution in [1.82, 2.24) is 0 Å². The normalized spacial score (nSPS) is 12.8. The van der Waals surface area contributed by atoms with E-state index < -0.39 is 0 Å². The molecule has 4 heteroatoms. The molecular formula is C20H26ClNO2. The fraction of sp³-hybridized carbons (Fsp3) is 0.350. The van der Waals surface area contributed by atoms with E-state index in [1.807, 2.05) is 32.0 Å². The van der Waals surface area contributed by atoms with Crippen LogP contribution in [0.1, 0.15) is 25.8 Å². The molecule has 2 unspecified atom stereocenters. The predicted octanol–water partition coefficient (Wildman–Crippen LogP) is 4.23. The number of hydrogen-bond donors (Lipinski definition) is 1. The molecule has 0 aliphatic rings. The molecule has 3 nitrogen and oxygen atoms in total. The van der Waals surface area contributed by atoms with Gasteiger partial charge in [0.25, 0.3) is 0 Å². The van der Waals surface area contributed by atoms with Gasteiger partial charge in [0.15, 0.2) is 0 Å². The summed E-state index contributed by atoms with van der Waals surface area (Å²) < 4.78 is 5.02. The number of hydrogen-bond acceptors (Lipinski definition) is 3. The third kappa shape index (κ3) is 5.99. The van der Waals surface area contributed by atoms with Gasteiger partial charge < -0.3 is 10.5 Å². The van der Waals surface area contributed by atoms with Gasteiger partial charge in [-0.25, -0.2) is 0 Å². The van der Waals surface area contributed by atoms with Gasteiger partial charge in [0.05, 0.1) is 12.5 Å². The van der Waals surface area contributed by atoms with Crippen LogP contribution in [0, 0.1) is 5.92 Å². The molecule has 0 aliphatic heterocycles. The molecule has 0 amide bonds. The molecule has 130 valence electrons. The number of rotatable bonds is 7. The molecule has 0 heterocycles. The van der Waals surface area contributed by atoms with Crippen molar-refractivity contribution >= 4 is 18.4 Å². The highest BCUT2D eigenvalue weighted by molar-refractivity contribution is 5.85. The first-order valence-electron chi connectivity index (χ1n) is 8.16. The second kappa shape index (κ2) is 10.1. The number of esters is 1. The van der Waals surface area contributed by atoms with Gasteiger partial charge in [0, 0.05) is 6.04 Å². The molecule has 0 fully saturated rings. The molecule has 0 aromatic heterocycles. The van der Waals surface area contributed by atoms with Crippen molar-refractivity contribution in [3.05, 3.63) is 60.2 Å². The van der Waals surface area contributed by atoms with Crippen LogP contribution in [0.3, 0.4) is 0 Å². The molecule has 0 aliphatic carbocycles. The highest BCUT2D eigenvalue weighted by Crippen LogP contribution is 2.20. The van der Waals surface area contributed by atoms with Gasteiger partial charge >= 0.3 is 5.97 Å². The van der Waals surface area contributed by atoms with E-state index in [1.165, 1.54) is 16.7 Å². The zero-order valence-corrected chi connectivity index (χ0v) is 15.1. The first-order valence-corrected chi connectivity index (χ1v) is 8.16. The standard InChI is InChI=1S/C20H25NO2.ClH/c1-3-23-20(22)15(2)13-19(21)14-16-9-11-18(12-10-16)17-7-5-4-6-8-17;/h4-12,15,19H,3,13-14,21H2,1-2H3;1H. The van der Waals surface area contributed by atoms with Gasteiger partial charge in [-0.3, -0.25) is 4.79 Å². The lowest BCUT2D eigenvalue weighted by molar-refractivity contribution is -0.147. The number of halogens is 1. The van der Waals surface area contributed by atoms with Gasteiger partial charge in [0.2, 0.25) is 0 Å².